The maximum Gasteiger partial charge on any atom is 0.316 e. The van der Waals surface area contributed by atoms with Crippen LogP contribution in [-0.4, -0.2) is 11.1 Å². The molecule has 2 aromatic rings. The zero-order valence-electron chi connectivity index (χ0n) is 10.6. The molecule has 0 heterocycles. The van der Waals surface area contributed by atoms with Gasteiger partial charge in [0.1, 0.15) is 5.75 Å². The number of amides is 2. The zero-order valence-corrected chi connectivity index (χ0v) is 11.3. The number of phenols is 1. The van der Waals surface area contributed by atoms with Gasteiger partial charge in [-0.15, -0.1) is 0 Å². The van der Waals surface area contributed by atoms with Gasteiger partial charge in [-0.2, -0.15) is 0 Å². The van der Waals surface area contributed by atoms with E-state index >= 15 is 0 Å². The quantitative estimate of drug-likeness (QED) is 0.698. The van der Waals surface area contributed by atoms with E-state index in [1.165, 1.54) is 0 Å². The number of rotatable bonds is 4. The molecule has 0 aliphatic rings. The largest absolute Gasteiger partial charge is 0.508 e. The molecule has 5 N–H and O–H groups in total. The number of primary amides is 1. The monoisotopic (exact) mass is 291 g/mol. The van der Waals surface area contributed by atoms with Gasteiger partial charge in [0.05, 0.1) is 0 Å². The minimum Gasteiger partial charge on any atom is -0.508 e. The molecule has 5 nitrogen and oxygen atoms in total. The number of benzene rings is 2. The van der Waals surface area contributed by atoms with Crippen LogP contribution < -0.4 is 16.4 Å². The SMILES string of the molecule is NC(=O)Nc1cccc(NCc2cc(Cl)ccc2O)c1. The van der Waals surface area contributed by atoms with Crippen molar-refractivity contribution in [3.8, 4) is 5.75 Å². The first-order chi connectivity index (χ1) is 9.54. The Morgan fingerprint density at radius 3 is 2.70 bits per heavy atom. The Labute approximate surface area is 121 Å². The van der Waals surface area contributed by atoms with Crippen LogP contribution in [0.4, 0.5) is 16.2 Å². The van der Waals surface area contributed by atoms with Crippen LogP contribution in [0.3, 0.4) is 0 Å². The van der Waals surface area contributed by atoms with Crippen LogP contribution in [0.1, 0.15) is 5.56 Å². The summed E-state index contributed by atoms with van der Waals surface area (Å²) in [4.78, 5) is 10.8. The van der Waals surface area contributed by atoms with Crippen molar-refractivity contribution in [2.75, 3.05) is 10.6 Å². The van der Waals surface area contributed by atoms with Crippen LogP contribution in [0.2, 0.25) is 5.02 Å². The van der Waals surface area contributed by atoms with Crippen molar-refractivity contribution in [2.24, 2.45) is 5.73 Å². The molecule has 0 spiro atoms. The fourth-order valence-corrected chi connectivity index (χ4v) is 1.94. The Hall–Kier alpha value is -2.40. The van der Waals surface area contributed by atoms with Crippen molar-refractivity contribution < 1.29 is 9.90 Å². The summed E-state index contributed by atoms with van der Waals surface area (Å²) in [5.41, 5.74) is 7.13. The molecule has 0 bridgehead atoms. The minimum atomic E-state index is -0.616. The maximum atomic E-state index is 10.8. The van der Waals surface area contributed by atoms with Gasteiger partial charge in [0, 0.05) is 28.5 Å². The maximum absolute atomic E-state index is 10.8. The molecule has 2 aromatic carbocycles. The fourth-order valence-electron chi connectivity index (χ4n) is 1.74. The molecule has 6 heteroatoms. The molecular weight excluding hydrogens is 278 g/mol. The number of hydrogen-bond donors (Lipinski definition) is 4. The third-order valence-electron chi connectivity index (χ3n) is 2.65. The predicted molar refractivity (Wildman–Crippen MR) is 80.1 cm³/mol. The predicted octanol–water partition coefficient (Wildman–Crippen LogP) is 3.15. The van der Waals surface area contributed by atoms with E-state index in [0.29, 0.717) is 22.8 Å². The standard InChI is InChI=1S/C14H14ClN3O2/c15-10-4-5-13(19)9(6-10)8-17-11-2-1-3-12(7-11)18-14(16)20/h1-7,17,19H,8H2,(H3,16,18,20). The van der Waals surface area contributed by atoms with Crippen LogP contribution in [0.25, 0.3) is 0 Å². The summed E-state index contributed by atoms with van der Waals surface area (Å²) < 4.78 is 0. The molecule has 0 aliphatic carbocycles. The highest BCUT2D eigenvalue weighted by molar-refractivity contribution is 6.30. The normalized spacial score (nSPS) is 10.1. The first-order valence-electron chi connectivity index (χ1n) is 5.92. The second kappa shape index (κ2) is 6.16. The molecule has 0 saturated carbocycles. The lowest BCUT2D eigenvalue weighted by Crippen LogP contribution is -2.19. The van der Waals surface area contributed by atoms with E-state index in [4.69, 9.17) is 17.3 Å². The number of phenolic OH excluding ortho intramolecular Hbond substituents is 1. The third-order valence-corrected chi connectivity index (χ3v) is 2.89. The number of nitrogens with two attached hydrogens (primary N) is 1. The molecule has 0 fully saturated rings. The van der Waals surface area contributed by atoms with Gasteiger partial charge < -0.3 is 21.5 Å². The lowest BCUT2D eigenvalue weighted by Gasteiger charge is -2.10. The number of urea groups is 1. The highest BCUT2D eigenvalue weighted by Gasteiger charge is 2.03. The second-order valence-corrected chi connectivity index (χ2v) is 4.63. The third kappa shape index (κ3) is 3.80. The van der Waals surface area contributed by atoms with Crippen LogP contribution in [0.15, 0.2) is 42.5 Å². The lowest BCUT2D eigenvalue weighted by molar-refractivity contribution is 0.259. The Kier molecular flexibility index (Phi) is 4.32. The van der Waals surface area contributed by atoms with Gasteiger partial charge in [-0.1, -0.05) is 17.7 Å². The zero-order chi connectivity index (χ0) is 14.5. The van der Waals surface area contributed by atoms with Crippen LogP contribution in [-0.2, 0) is 6.54 Å². The van der Waals surface area contributed by atoms with E-state index in [0.717, 1.165) is 5.69 Å². The summed E-state index contributed by atoms with van der Waals surface area (Å²) in [5.74, 6) is 0.174. The van der Waals surface area contributed by atoms with Gasteiger partial charge in [0.2, 0.25) is 0 Å². The number of nitrogens with one attached hydrogen (secondary N) is 2. The summed E-state index contributed by atoms with van der Waals surface area (Å²) in [6.45, 7) is 0.409. The van der Waals surface area contributed by atoms with Crippen LogP contribution in [0.5, 0.6) is 5.75 Å². The van der Waals surface area contributed by atoms with Crippen molar-refractivity contribution in [2.45, 2.75) is 6.54 Å². The number of carbonyl (C=O) groups is 1. The molecule has 104 valence electrons. The minimum absolute atomic E-state index is 0.174. The molecule has 0 saturated heterocycles. The average molecular weight is 292 g/mol. The highest BCUT2D eigenvalue weighted by atomic mass is 35.5. The van der Waals surface area contributed by atoms with E-state index in [1.807, 2.05) is 6.07 Å². The van der Waals surface area contributed by atoms with Gasteiger partial charge >= 0.3 is 6.03 Å². The number of aromatic hydroxyl groups is 1. The number of anilines is 2. The molecule has 0 unspecified atom stereocenters. The Morgan fingerprint density at radius 2 is 1.95 bits per heavy atom. The van der Waals surface area contributed by atoms with Crippen molar-refractivity contribution in [3.05, 3.63) is 53.1 Å². The average Bonchev–Trinajstić information content (AvgIpc) is 2.39. The summed E-state index contributed by atoms with van der Waals surface area (Å²) in [6, 6.07) is 11.3. The molecule has 0 aliphatic heterocycles. The Bertz CT molecular complexity index is 632. The van der Waals surface area contributed by atoms with E-state index in [9.17, 15) is 9.90 Å². The van der Waals surface area contributed by atoms with Crippen molar-refractivity contribution in [3.63, 3.8) is 0 Å². The lowest BCUT2D eigenvalue weighted by atomic mass is 10.2. The molecule has 20 heavy (non-hydrogen) atoms. The smallest absolute Gasteiger partial charge is 0.316 e. The van der Waals surface area contributed by atoms with Gasteiger partial charge in [0.25, 0.3) is 0 Å². The Morgan fingerprint density at radius 1 is 1.20 bits per heavy atom. The van der Waals surface area contributed by atoms with E-state index in [2.05, 4.69) is 10.6 Å². The fraction of sp³-hybridized carbons (Fsp3) is 0.0714. The van der Waals surface area contributed by atoms with Gasteiger partial charge in [-0.3, -0.25) is 0 Å². The van der Waals surface area contributed by atoms with Crippen molar-refractivity contribution >= 4 is 29.0 Å². The first-order valence-corrected chi connectivity index (χ1v) is 6.30. The van der Waals surface area contributed by atoms with E-state index < -0.39 is 6.03 Å². The molecule has 0 atom stereocenters. The molecule has 0 radical (unpaired) electrons. The Balaban J connectivity index is 2.07. The van der Waals surface area contributed by atoms with Crippen LogP contribution in [0, 0.1) is 0 Å². The van der Waals surface area contributed by atoms with Crippen molar-refractivity contribution in [1.29, 1.82) is 0 Å². The second-order valence-electron chi connectivity index (χ2n) is 4.20. The topological polar surface area (TPSA) is 87.4 Å². The molecule has 0 aromatic heterocycles. The van der Waals surface area contributed by atoms with E-state index in [1.54, 1.807) is 36.4 Å². The molecule has 2 rings (SSSR count). The van der Waals surface area contributed by atoms with Gasteiger partial charge in [-0.05, 0) is 36.4 Å². The summed E-state index contributed by atoms with van der Waals surface area (Å²) in [6.07, 6.45) is 0. The summed E-state index contributed by atoms with van der Waals surface area (Å²) in [7, 11) is 0. The summed E-state index contributed by atoms with van der Waals surface area (Å²) in [5, 5.41) is 15.9. The molecule has 2 amide bonds. The van der Waals surface area contributed by atoms with E-state index in [-0.39, 0.29) is 5.75 Å². The van der Waals surface area contributed by atoms with Gasteiger partial charge in [-0.25, -0.2) is 4.79 Å². The number of carbonyl (C=O) groups excluding carboxylic acids is 1. The first kappa shape index (κ1) is 14.0. The highest BCUT2D eigenvalue weighted by Crippen LogP contribution is 2.23. The van der Waals surface area contributed by atoms with Gasteiger partial charge in [0.15, 0.2) is 0 Å². The van der Waals surface area contributed by atoms with Crippen molar-refractivity contribution in [1.82, 2.24) is 0 Å². The summed E-state index contributed by atoms with van der Waals surface area (Å²) >= 11 is 5.88. The number of hydrogen-bond acceptors (Lipinski definition) is 3. The van der Waals surface area contributed by atoms with Crippen LogP contribution >= 0.6 is 11.6 Å². The number of halogens is 1. The molecular formula is C14H14ClN3O2.